The van der Waals surface area contributed by atoms with Crippen LogP contribution in [0.15, 0.2) is 36.7 Å². The highest BCUT2D eigenvalue weighted by molar-refractivity contribution is 6.31. The highest BCUT2D eigenvalue weighted by Gasteiger charge is 2.20. The Balaban J connectivity index is 1.70. The summed E-state index contributed by atoms with van der Waals surface area (Å²) in [6.45, 7) is 1.13. The molecule has 2 heterocycles. The number of nitrogens with zero attached hydrogens (tertiary/aromatic N) is 2. The van der Waals surface area contributed by atoms with Crippen LogP contribution >= 0.6 is 11.6 Å². The van der Waals surface area contributed by atoms with Crippen molar-refractivity contribution in [2.75, 3.05) is 18.5 Å². The molecular weight excluding hydrogens is 361 g/mol. The maximum atomic E-state index is 13.3. The maximum Gasteiger partial charge on any atom is 0.162 e. The van der Waals surface area contributed by atoms with Gasteiger partial charge in [0.2, 0.25) is 0 Å². The number of benzene rings is 2. The van der Waals surface area contributed by atoms with Crippen LogP contribution in [-0.2, 0) is 4.74 Å². The van der Waals surface area contributed by atoms with Crippen LogP contribution in [-0.4, -0.2) is 34.4 Å². The quantitative estimate of drug-likeness (QED) is 0.716. The van der Waals surface area contributed by atoms with E-state index in [1.807, 2.05) is 0 Å². The number of nitrogens with one attached hydrogen (secondary N) is 1. The van der Waals surface area contributed by atoms with Gasteiger partial charge < -0.3 is 19.9 Å². The van der Waals surface area contributed by atoms with Gasteiger partial charge in [-0.25, -0.2) is 14.4 Å². The van der Waals surface area contributed by atoms with Crippen LogP contribution in [0.2, 0.25) is 5.02 Å². The standard InChI is InChI=1S/C18H15ClFN3O3/c19-13-5-10(1-2-14(13)20)23-18-12-6-17(26-11-3-4-25-8-11)16(24)7-15(12)21-9-22-18/h1-2,5-7,9,11,24H,3-4,8H2,(H,21,22,23)/t11-/m1/s1. The molecule has 0 bridgehead atoms. The van der Waals surface area contributed by atoms with Crippen LogP contribution in [0, 0.1) is 5.82 Å². The number of fused-ring (bicyclic) bond motifs is 1. The number of aromatic nitrogens is 2. The number of aromatic hydroxyl groups is 1. The van der Waals surface area contributed by atoms with Gasteiger partial charge in [0, 0.05) is 23.6 Å². The Labute approximate surface area is 153 Å². The fourth-order valence-electron chi connectivity index (χ4n) is 2.76. The second kappa shape index (κ2) is 6.93. The number of ether oxygens (including phenoxy) is 2. The van der Waals surface area contributed by atoms with E-state index < -0.39 is 5.82 Å². The van der Waals surface area contributed by atoms with Crippen molar-refractivity contribution in [3.63, 3.8) is 0 Å². The zero-order valence-corrected chi connectivity index (χ0v) is 14.3. The Morgan fingerprint density at radius 1 is 1.27 bits per heavy atom. The molecule has 1 aromatic heterocycles. The van der Waals surface area contributed by atoms with Crippen molar-refractivity contribution >= 4 is 34.0 Å². The molecule has 134 valence electrons. The number of halogens is 2. The molecule has 1 aliphatic heterocycles. The normalized spacial score (nSPS) is 16.8. The number of phenolic OH excluding ortho intramolecular Hbond substituents is 1. The minimum Gasteiger partial charge on any atom is -0.504 e. The summed E-state index contributed by atoms with van der Waals surface area (Å²) in [6.07, 6.45) is 2.04. The van der Waals surface area contributed by atoms with Crippen molar-refractivity contribution in [2.24, 2.45) is 0 Å². The molecule has 8 heteroatoms. The summed E-state index contributed by atoms with van der Waals surface area (Å²) in [5.74, 6) is 0.330. The summed E-state index contributed by atoms with van der Waals surface area (Å²) >= 11 is 5.83. The number of hydrogen-bond acceptors (Lipinski definition) is 6. The van der Waals surface area contributed by atoms with E-state index in [-0.39, 0.29) is 16.9 Å². The van der Waals surface area contributed by atoms with Crippen molar-refractivity contribution in [3.8, 4) is 11.5 Å². The summed E-state index contributed by atoms with van der Waals surface area (Å²) in [6, 6.07) is 7.50. The minimum absolute atomic E-state index is 0.00104. The van der Waals surface area contributed by atoms with E-state index in [2.05, 4.69) is 15.3 Å². The van der Waals surface area contributed by atoms with E-state index >= 15 is 0 Å². The van der Waals surface area contributed by atoms with Gasteiger partial charge in [0.05, 0.1) is 23.8 Å². The van der Waals surface area contributed by atoms with E-state index in [0.717, 1.165) is 6.42 Å². The molecule has 1 aliphatic rings. The Morgan fingerprint density at radius 3 is 2.92 bits per heavy atom. The van der Waals surface area contributed by atoms with Gasteiger partial charge in [0.15, 0.2) is 11.5 Å². The first kappa shape index (κ1) is 16.8. The third-order valence-corrected chi connectivity index (χ3v) is 4.37. The van der Waals surface area contributed by atoms with Crippen LogP contribution in [0.3, 0.4) is 0 Å². The zero-order chi connectivity index (χ0) is 18.1. The molecule has 1 fully saturated rings. The molecule has 0 unspecified atom stereocenters. The van der Waals surface area contributed by atoms with Crippen molar-refractivity contribution in [1.82, 2.24) is 9.97 Å². The second-order valence-corrected chi connectivity index (χ2v) is 6.32. The molecule has 3 aromatic rings. The van der Waals surface area contributed by atoms with E-state index in [9.17, 15) is 9.50 Å². The summed E-state index contributed by atoms with van der Waals surface area (Å²) in [5, 5.41) is 14.0. The molecule has 0 saturated carbocycles. The fourth-order valence-corrected chi connectivity index (χ4v) is 2.94. The third kappa shape index (κ3) is 3.36. The van der Waals surface area contributed by atoms with E-state index in [1.165, 1.54) is 24.5 Å². The lowest BCUT2D eigenvalue weighted by atomic mass is 10.2. The smallest absolute Gasteiger partial charge is 0.162 e. The topological polar surface area (TPSA) is 76.5 Å². The first-order valence-corrected chi connectivity index (χ1v) is 8.42. The van der Waals surface area contributed by atoms with Crippen LogP contribution in [0.5, 0.6) is 11.5 Å². The van der Waals surface area contributed by atoms with Gasteiger partial charge in [-0.2, -0.15) is 0 Å². The Kier molecular flexibility index (Phi) is 4.48. The highest BCUT2D eigenvalue weighted by atomic mass is 35.5. The summed E-state index contributed by atoms with van der Waals surface area (Å²) in [7, 11) is 0. The zero-order valence-electron chi connectivity index (χ0n) is 13.6. The fraction of sp³-hybridized carbons (Fsp3) is 0.222. The molecule has 6 nitrogen and oxygen atoms in total. The number of phenols is 1. The van der Waals surface area contributed by atoms with Crippen molar-refractivity contribution in [2.45, 2.75) is 12.5 Å². The monoisotopic (exact) mass is 375 g/mol. The molecule has 4 rings (SSSR count). The van der Waals surface area contributed by atoms with Crippen molar-refractivity contribution < 1.29 is 19.0 Å². The Morgan fingerprint density at radius 2 is 2.15 bits per heavy atom. The first-order chi connectivity index (χ1) is 12.6. The van der Waals surface area contributed by atoms with Crippen LogP contribution in [0.4, 0.5) is 15.9 Å². The van der Waals surface area contributed by atoms with Crippen LogP contribution in [0.25, 0.3) is 10.9 Å². The summed E-state index contributed by atoms with van der Waals surface area (Å²) in [4.78, 5) is 8.41. The van der Waals surface area contributed by atoms with E-state index in [4.69, 9.17) is 21.1 Å². The second-order valence-electron chi connectivity index (χ2n) is 5.92. The van der Waals surface area contributed by atoms with Gasteiger partial charge in [0.1, 0.15) is 24.1 Å². The van der Waals surface area contributed by atoms with Gasteiger partial charge in [0.25, 0.3) is 0 Å². The molecule has 0 radical (unpaired) electrons. The molecule has 0 amide bonds. The average molecular weight is 376 g/mol. The minimum atomic E-state index is -0.496. The Hall–Kier alpha value is -2.64. The summed E-state index contributed by atoms with van der Waals surface area (Å²) < 4.78 is 24.5. The largest absolute Gasteiger partial charge is 0.504 e. The Bertz CT molecular complexity index is 964. The SMILES string of the molecule is Oc1cc2ncnc(Nc3ccc(F)c(Cl)c3)c2cc1O[C@@H]1CCOC1. The molecular formula is C18H15ClFN3O3. The predicted molar refractivity (Wildman–Crippen MR) is 95.7 cm³/mol. The van der Waals surface area contributed by atoms with E-state index in [0.29, 0.717) is 41.4 Å². The van der Waals surface area contributed by atoms with Crippen molar-refractivity contribution in [3.05, 3.63) is 47.5 Å². The van der Waals surface area contributed by atoms with Gasteiger partial charge in [-0.15, -0.1) is 0 Å². The van der Waals surface area contributed by atoms with Crippen LogP contribution < -0.4 is 10.1 Å². The van der Waals surface area contributed by atoms with Gasteiger partial charge in [-0.1, -0.05) is 11.6 Å². The third-order valence-electron chi connectivity index (χ3n) is 4.08. The number of anilines is 2. The van der Waals surface area contributed by atoms with Crippen molar-refractivity contribution in [1.29, 1.82) is 0 Å². The average Bonchev–Trinajstić information content (AvgIpc) is 3.12. The van der Waals surface area contributed by atoms with Gasteiger partial charge >= 0.3 is 0 Å². The van der Waals surface area contributed by atoms with Gasteiger partial charge in [-0.05, 0) is 24.3 Å². The summed E-state index contributed by atoms with van der Waals surface area (Å²) in [5.41, 5.74) is 1.12. The van der Waals surface area contributed by atoms with E-state index in [1.54, 1.807) is 12.1 Å². The van der Waals surface area contributed by atoms with Crippen LogP contribution in [0.1, 0.15) is 6.42 Å². The molecule has 26 heavy (non-hydrogen) atoms. The predicted octanol–water partition coefficient (Wildman–Crippen LogP) is 4.04. The lowest BCUT2D eigenvalue weighted by Gasteiger charge is -2.15. The highest BCUT2D eigenvalue weighted by Crippen LogP contribution is 2.35. The first-order valence-electron chi connectivity index (χ1n) is 8.04. The number of hydrogen-bond donors (Lipinski definition) is 2. The number of rotatable bonds is 4. The van der Waals surface area contributed by atoms with Gasteiger partial charge in [-0.3, -0.25) is 0 Å². The molecule has 2 aromatic carbocycles. The lowest BCUT2D eigenvalue weighted by Crippen LogP contribution is -2.15. The molecule has 0 spiro atoms. The lowest BCUT2D eigenvalue weighted by molar-refractivity contribution is 0.139. The molecule has 1 saturated heterocycles. The maximum absolute atomic E-state index is 13.3. The molecule has 0 aliphatic carbocycles. The molecule has 1 atom stereocenters. The molecule has 2 N–H and O–H groups in total.